The van der Waals surface area contributed by atoms with Gasteiger partial charge in [-0.25, -0.2) is 4.39 Å². The molecule has 1 aromatic rings. The fourth-order valence-electron chi connectivity index (χ4n) is 4.38. The van der Waals surface area contributed by atoms with Gasteiger partial charge in [0, 0.05) is 26.1 Å². The van der Waals surface area contributed by atoms with Crippen LogP contribution in [0.1, 0.15) is 45.5 Å². The highest BCUT2D eigenvalue weighted by Crippen LogP contribution is 2.31. The lowest BCUT2D eigenvalue weighted by molar-refractivity contribution is -0.136. The van der Waals surface area contributed by atoms with Gasteiger partial charge in [-0.05, 0) is 24.5 Å². The molecule has 172 valence electrons. The average molecular weight is 467 g/mol. The van der Waals surface area contributed by atoms with Gasteiger partial charge in [-0.15, -0.1) is 0 Å². The number of nitrogens with one attached hydrogen (secondary N) is 1. The quantitative estimate of drug-likeness (QED) is 0.472. The summed E-state index contributed by atoms with van der Waals surface area (Å²) >= 11 is 0. The van der Waals surface area contributed by atoms with Gasteiger partial charge in [-0.2, -0.15) is 8.42 Å². The van der Waals surface area contributed by atoms with E-state index in [2.05, 4.69) is 5.32 Å². The standard InChI is InChI=1S/C20H22FN3O7S/c1-32(29,30)31-15-7-8-23(10-13(15)21)9-11-3-2-4-12-17(11)20(28)24(19(12)27)14-5-6-16(25)22-18(14)26/h2-4,13-15H,5-10H2,1H3,(H,22,25,26). The minimum atomic E-state index is -3.78. The summed E-state index contributed by atoms with van der Waals surface area (Å²) in [5, 5.41) is 2.15. The molecule has 0 aromatic heterocycles. The van der Waals surface area contributed by atoms with Crippen LogP contribution in [0.2, 0.25) is 0 Å². The topological polar surface area (TPSA) is 130 Å². The van der Waals surface area contributed by atoms with Crippen molar-refractivity contribution in [2.24, 2.45) is 0 Å². The van der Waals surface area contributed by atoms with Crippen molar-refractivity contribution in [2.75, 3.05) is 19.3 Å². The second-order valence-corrected chi connectivity index (χ2v) is 9.77. The SMILES string of the molecule is CS(=O)(=O)OC1CCN(Cc2cccc3c2C(=O)N(C2CCC(=O)NC2=O)C3=O)CC1F. The summed E-state index contributed by atoms with van der Waals surface area (Å²) < 4.78 is 41.9. The number of alkyl halides is 1. The molecule has 0 spiro atoms. The number of amides is 4. The third-order valence-electron chi connectivity index (χ3n) is 5.81. The number of halogens is 1. The van der Waals surface area contributed by atoms with E-state index in [-0.39, 0.29) is 43.5 Å². The highest BCUT2D eigenvalue weighted by Gasteiger charge is 2.45. The lowest BCUT2D eigenvalue weighted by Gasteiger charge is -2.34. The molecule has 10 nitrogen and oxygen atoms in total. The largest absolute Gasteiger partial charge is 0.296 e. The third kappa shape index (κ3) is 4.30. The first-order valence-corrected chi connectivity index (χ1v) is 11.9. The summed E-state index contributed by atoms with van der Waals surface area (Å²) in [6.07, 6.45) is -1.49. The predicted molar refractivity (Wildman–Crippen MR) is 108 cm³/mol. The molecule has 0 saturated carbocycles. The minimum absolute atomic E-state index is 0.0268. The molecule has 3 aliphatic heterocycles. The molecule has 0 bridgehead atoms. The number of hydrogen-bond acceptors (Lipinski definition) is 8. The number of nitrogens with zero attached hydrogens (tertiary/aromatic N) is 2. The molecule has 3 aliphatic rings. The van der Waals surface area contributed by atoms with E-state index < -0.39 is 52.1 Å². The second kappa shape index (κ2) is 8.34. The van der Waals surface area contributed by atoms with Crippen LogP contribution in [0.15, 0.2) is 18.2 Å². The zero-order chi connectivity index (χ0) is 23.2. The van der Waals surface area contributed by atoms with Crippen LogP contribution < -0.4 is 5.32 Å². The first-order valence-electron chi connectivity index (χ1n) is 10.1. The van der Waals surface area contributed by atoms with Gasteiger partial charge in [-0.1, -0.05) is 12.1 Å². The number of carbonyl (C=O) groups is 4. The summed E-state index contributed by atoms with van der Waals surface area (Å²) in [6.45, 7) is 0.406. The normalized spacial score (nSPS) is 26.9. The maximum Gasteiger partial charge on any atom is 0.264 e. The Labute approximate surface area is 183 Å². The Balaban J connectivity index is 1.52. The van der Waals surface area contributed by atoms with E-state index in [0.29, 0.717) is 12.1 Å². The van der Waals surface area contributed by atoms with E-state index >= 15 is 0 Å². The van der Waals surface area contributed by atoms with Gasteiger partial charge in [-0.3, -0.25) is 38.5 Å². The zero-order valence-electron chi connectivity index (χ0n) is 17.2. The number of likely N-dealkylation sites (tertiary alicyclic amines) is 1. The Morgan fingerprint density at radius 3 is 2.56 bits per heavy atom. The Hall–Kier alpha value is -2.70. The molecule has 1 N–H and O–H groups in total. The highest BCUT2D eigenvalue weighted by atomic mass is 32.2. The first kappa shape index (κ1) is 22.5. The van der Waals surface area contributed by atoms with Crippen molar-refractivity contribution in [3.8, 4) is 0 Å². The molecule has 1 aromatic carbocycles. The van der Waals surface area contributed by atoms with Crippen LogP contribution in [0.5, 0.6) is 0 Å². The van der Waals surface area contributed by atoms with Crippen molar-refractivity contribution < 1.29 is 36.2 Å². The summed E-state index contributed by atoms with van der Waals surface area (Å²) in [5.74, 6) is -2.37. The Morgan fingerprint density at radius 1 is 1.16 bits per heavy atom. The third-order valence-corrected chi connectivity index (χ3v) is 6.41. The lowest BCUT2D eigenvalue weighted by atomic mass is 10.0. The summed E-state index contributed by atoms with van der Waals surface area (Å²) in [4.78, 5) is 52.3. The summed E-state index contributed by atoms with van der Waals surface area (Å²) in [7, 11) is -3.78. The van der Waals surface area contributed by atoms with E-state index in [4.69, 9.17) is 4.18 Å². The van der Waals surface area contributed by atoms with Crippen molar-refractivity contribution in [3.05, 3.63) is 34.9 Å². The van der Waals surface area contributed by atoms with E-state index in [1.165, 1.54) is 6.07 Å². The molecule has 4 amide bonds. The fourth-order valence-corrected chi connectivity index (χ4v) is 5.05. The molecule has 0 radical (unpaired) electrons. The summed E-state index contributed by atoms with van der Waals surface area (Å²) in [6, 6.07) is 3.70. The van der Waals surface area contributed by atoms with Crippen molar-refractivity contribution in [3.63, 3.8) is 0 Å². The smallest absolute Gasteiger partial charge is 0.264 e. The van der Waals surface area contributed by atoms with E-state index in [0.717, 1.165) is 11.2 Å². The van der Waals surface area contributed by atoms with E-state index in [1.54, 1.807) is 17.0 Å². The number of rotatable bonds is 5. The van der Waals surface area contributed by atoms with Crippen LogP contribution >= 0.6 is 0 Å². The molecule has 4 rings (SSSR count). The number of fused-ring (bicyclic) bond motifs is 1. The number of imide groups is 2. The van der Waals surface area contributed by atoms with Gasteiger partial charge in [0.15, 0.2) is 0 Å². The Bertz CT molecular complexity index is 1110. The molecule has 3 atom stereocenters. The maximum absolute atomic E-state index is 14.5. The van der Waals surface area contributed by atoms with Crippen LogP contribution in [0.4, 0.5) is 4.39 Å². The zero-order valence-corrected chi connectivity index (χ0v) is 18.1. The average Bonchev–Trinajstić information content (AvgIpc) is 2.95. The maximum atomic E-state index is 14.5. The van der Waals surface area contributed by atoms with Crippen molar-refractivity contribution in [1.29, 1.82) is 0 Å². The molecule has 0 aliphatic carbocycles. The van der Waals surface area contributed by atoms with Gasteiger partial charge in [0.2, 0.25) is 11.8 Å². The van der Waals surface area contributed by atoms with Crippen LogP contribution in [0, 0.1) is 0 Å². The van der Waals surface area contributed by atoms with Crippen LogP contribution in [-0.4, -0.2) is 79.5 Å². The number of benzene rings is 1. The highest BCUT2D eigenvalue weighted by molar-refractivity contribution is 7.86. The number of hydrogen-bond donors (Lipinski definition) is 1. The fraction of sp³-hybridized carbons (Fsp3) is 0.500. The van der Waals surface area contributed by atoms with E-state index in [9.17, 15) is 32.0 Å². The Kier molecular flexibility index (Phi) is 5.86. The van der Waals surface area contributed by atoms with Crippen molar-refractivity contribution in [2.45, 2.75) is 44.1 Å². The molecule has 3 unspecified atom stereocenters. The van der Waals surface area contributed by atoms with Gasteiger partial charge in [0.25, 0.3) is 21.9 Å². The molecule has 2 fully saturated rings. The molecule has 32 heavy (non-hydrogen) atoms. The second-order valence-electron chi connectivity index (χ2n) is 8.17. The van der Waals surface area contributed by atoms with Gasteiger partial charge >= 0.3 is 0 Å². The molecular weight excluding hydrogens is 445 g/mol. The van der Waals surface area contributed by atoms with Crippen LogP contribution in [-0.2, 0) is 30.4 Å². The van der Waals surface area contributed by atoms with Gasteiger partial charge in [0.1, 0.15) is 18.3 Å². The van der Waals surface area contributed by atoms with Crippen molar-refractivity contribution in [1.82, 2.24) is 15.1 Å². The van der Waals surface area contributed by atoms with Gasteiger partial charge < -0.3 is 0 Å². The van der Waals surface area contributed by atoms with Gasteiger partial charge in [0.05, 0.1) is 17.4 Å². The van der Waals surface area contributed by atoms with Crippen LogP contribution in [0.3, 0.4) is 0 Å². The van der Waals surface area contributed by atoms with E-state index in [1.807, 2.05) is 0 Å². The molecule has 12 heteroatoms. The molecule has 2 saturated heterocycles. The lowest BCUT2D eigenvalue weighted by Crippen LogP contribution is -2.54. The summed E-state index contributed by atoms with van der Waals surface area (Å²) in [5.41, 5.74) is 0.821. The Morgan fingerprint density at radius 2 is 1.91 bits per heavy atom. The monoisotopic (exact) mass is 467 g/mol. The van der Waals surface area contributed by atoms with Crippen molar-refractivity contribution >= 4 is 33.7 Å². The molecular formula is C20H22FN3O7S. The number of carbonyl (C=O) groups excluding carboxylic acids is 4. The molecule has 3 heterocycles. The minimum Gasteiger partial charge on any atom is -0.296 e. The first-order chi connectivity index (χ1) is 15.0. The number of piperidine rings is 2. The predicted octanol–water partition coefficient (Wildman–Crippen LogP) is -0.0236. The van der Waals surface area contributed by atoms with Crippen LogP contribution in [0.25, 0.3) is 0 Å².